The molecule has 1 aliphatic heterocycles. The fraction of sp³-hybridized carbons (Fsp3) is 0.286. The van der Waals surface area contributed by atoms with Gasteiger partial charge in [0.2, 0.25) is 5.91 Å². The summed E-state index contributed by atoms with van der Waals surface area (Å²) in [7, 11) is 1.57. The van der Waals surface area contributed by atoms with Crippen molar-refractivity contribution in [3.63, 3.8) is 0 Å². The van der Waals surface area contributed by atoms with Crippen molar-refractivity contribution in [2.24, 2.45) is 0 Å². The van der Waals surface area contributed by atoms with E-state index in [1.54, 1.807) is 25.0 Å². The van der Waals surface area contributed by atoms with Gasteiger partial charge in [0.05, 0.1) is 25.8 Å². The first kappa shape index (κ1) is 20.4. The smallest absolute Gasteiger partial charge is 0.410 e. The SMILES string of the molecule is CCOC(=O)N1CCc2c(sc(NC(=O)/C=C/c3ccccc3OC)c2C#N)C1. The summed E-state index contributed by atoms with van der Waals surface area (Å²) in [6.45, 7) is 2.94. The Balaban J connectivity index is 1.75. The van der Waals surface area contributed by atoms with E-state index in [4.69, 9.17) is 9.47 Å². The van der Waals surface area contributed by atoms with Gasteiger partial charge in [-0.2, -0.15) is 5.26 Å². The number of nitriles is 1. The molecule has 1 aromatic carbocycles. The van der Waals surface area contributed by atoms with E-state index in [9.17, 15) is 14.9 Å². The topological polar surface area (TPSA) is 91.7 Å². The van der Waals surface area contributed by atoms with E-state index in [1.807, 2.05) is 24.3 Å². The molecule has 0 bridgehead atoms. The molecule has 0 saturated carbocycles. The van der Waals surface area contributed by atoms with E-state index in [2.05, 4.69) is 11.4 Å². The van der Waals surface area contributed by atoms with Crippen molar-refractivity contribution in [1.82, 2.24) is 4.90 Å². The number of carbonyl (C=O) groups is 2. The maximum atomic E-state index is 12.4. The molecular formula is C21H21N3O4S. The minimum Gasteiger partial charge on any atom is -0.496 e. The maximum Gasteiger partial charge on any atom is 0.410 e. The summed E-state index contributed by atoms with van der Waals surface area (Å²) in [6.07, 6.45) is 3.26. The van der Waals surface area contributed by atoms with Gasteiger partial charge in [-0.15, -0.1) is 11.3 Å². The summed E-state index contributed by atoms with van der Waals surface area (Å²) < 4.78 is 10.3. The predicted octanol–water partition coefficient (Wildman–Crippen LogP) is 3.79. The lowest BCUT2D eigenvalue weighted by atomic mass is 10.0. The number of fused-ring (bicyclic) bond motifs is 1. The summed E-state index contributed by atoms with van der Waals surface area (Å²) in [5.74, 6) is 0.327. The third-order valence-corrected chi connectivity index (χ3v) is 5.62. The second kappa shape index (κ2) is 9.26. The molecule has 3 rings (SSSR count). The Bertz CT molecular complexity index is 990. The molecule has 7 nitrogen and oxygen atoms in total. The van der Waals surface area contributed by atoms with Gasteiger partial charge >= 0.3 is 6.09 Å². The zero-order valence-corrected chi connectivity index (χ0v) is 17.0. The van der Waals surface area contributed by atoms with Crippen molar-refractivity contribution in [3.05, 3.63) is 51.9 Å². The fourth-order valence-electron chi connectivity index (χ4n) is 3.10. The first-order chi connectivity index (χ1) is 14.1. The van der Waals surface area contributed by atoms with Crippen LogP contribution in [0.15, 0.2) is 30.3 Å². The van der Waals surface area contributed by atoms with Gasteiger partial charge in [0.25, 0.3) is 0 Å². The number of para-hydroxylation sites is 1. The zero-order valence-electron chi connectivity index (χ0n) is 16.2. The average Bonchev–Trinajstić information content (AvgIpc) is 3.08. The summed E-state index contributed by atoms with van der Waals surface area (Å²) >= 11 is 1.32. The van der Waals surface area contributed by atoms with Crippen LogP contribution < -0.4 is 10.1 Å². The van der Waals surface area contributed by atoms with Crippen LogP contribution in [0.3, 0.4) is 0 Å². The van der Waals surface area contributed by atoms with E-state index in [1.165, 1.54) is 17.4 Å². The minimum atomic E-state index is -0.365. The molecule has 8 heteroatoms. The minimum absolute atomic E-state index is 0.315. The number of nitrogens with zero attached hydrogens (tertiary/aromatic N) is 2. The molecule has 0 atom stereocenters. The Hall–Kier alpha value is -3.31. The van der Waals surface area contributed by atoms with Crippen LogP contribution in [-0.2, 0) is 22.5 Å². The van der Waals surface area contributed by atoms with Crippen molar-refractivity contribution < 1.29 is 19.1 Å². The highest BCUT2D eigenvalue weighted by molar-refractivity contribution is 7.16. The van der Waals surface area contributed by atoms with Gasteiger partial charge in [-0.05, 0) is 31.1 Å². The van der Waals surface area contributed by atoms with E-state index in [0.717, 1.165) is 16.0 Å². The number of amides is 2. The van der Waals surface area contributed by atoms with Crippen LogP contribution in [0.2, 0.25) is 0 Å². The Labute approximate surface area is 173 Å². The number of hydrogen-bond donors (Lipinski definition) is 1. The molecule has 29 heavy (non-hydrogen) atoms. The van der Waals surface area contributed by atoms with Crippen LogP contribution in [0, 0.1) is 11.3 Å². The van der Waals surface area contributed by atoms with E-state index in [0.29, 0.717) is 42.4 Å². The molecule has 0 spiro atoms. The third-order valence-electron chi connectivity index (χ3n) is 4.48. The summed E-state index contributed by atoms with van der Waals surface area (Å²) in [4.78, 5) is 26.9. The van der Waals surface area contributed by atoms with Crippen molar-refractivity contribution >= 4 is 34.4 Å². The maximum absolute atomic E-state index is 12.4. The Morgan fingerprint density at radius 3 is 2.90 bits per heavy atom. The van der Waals surface area contributed by atoms with Crippen LogP contribution in [0.4, 0.5) is 9.80 Å². The van der Waals surface area contributed by atoms with Crippen LogP contribution in [0.25, 0.3) is 6.08 Å². The van der Waals surface area contributed by atoms with Crippen molar-refractivity contribution in [1.29, 1.82) is 5.26 Å². The molecular weight excluding hydrogens is 390 g/mol. The number of methoxy groups -OCH3 is 1. The first-order valence-corrected chi connectivity index (χ1v) is 9.97. The number of thiophene rings is 1. The molecule has 0 unspecified atom stereocenters. The zero-order chi connectivity index (χ0) is 20.8. The molecule has 0 aliphatic carbocycles. The summed E-state index contributed by atoms with van der Waals surface area (Å²) in [5.41, 5.74) is 2.14. The van der Waals surface area contributed by atoms with Gasteiger partial charge in [-0.3, -0.25) is 4.79 Å². The second-order valence-electron chi connectivity index (χ2n) is 6.25. The number of anilines is 1. The van der Waals surface area contributed by atoms with Crippen molar-refractivity contribution in [2.75, 3.05) is 25.6 Å². The molecule has 150 valence electrons. The number of ether oxygens (including phenoxy) is 2. The number of hydrogen-bond acceptors (Lipinski definition) is 6. The third kappa shape index (κ3) is 4.58. The Kier molecular flexibility index (Phi) is 6.52. The monoisotopic (exact) mass is 411 g/mol. The lowest BCUT2D eigenvalue weighted by Gasteiger charge is -2.25. The Morgan fingerprint density at radius 2 is 2.17 bits per heavy atom. The highest BCUT2D eigenvalue weighted by Gasteiger charge is 2.27. The highest BCUT2D eigenvalue weighted by Crippen LogP contribution is 2.36. The standard InChI is InChI=1S/C21H21N3O4S/c1-3-28-21(26)24-11-10-15-16(12-22)20(29-18(15)13-24)23-19(25)9-8-14-6-4-5-7-17(14)27-2/h4-9H,3,10-11,13H2,1-2H3,(H,23,25)/b9-8+. The van der Waals surface area contributed by atoms with Crippen LogP contribution in [-0.4, -0.2) is 37.2 Å². The average molecular weight is 411 g/mol. The first-order valence-electron chi connectivity index (χ1n) is 9.15. The number of carbonyl (C=O) groups excluding carboxylic acids is 2. The van der Waals surface area contributed by atoms with Crippen molar-refractivity contribution in [2.45, 2.75) is 19.9 Å². The second-order valence-corrected chi connectivity index (χ2v) is 7.36. The number of benzene rings is 1. The number of nitrogens with one attached hydrogen (secondary N) is 1. The highest BCUT2D eigenvalue weighted by atomic mass is 32.1. The van der Waals surface area contributed by atoms with Crippen molar-refractivity contribution in [3.8, 4) is 11.8 Å². The molecule has 2 aromatic rings. The lowest BCUT2D eigenvalue weighted by Crippen LogP contribution is -2.35. The predicted molar refractivity (Wildman–Crippen MR) is 111 cm³/mol. The van der Waals surface area contributed by atoms with Gasteiger partial charge in [0.1, 0.15) is 16.8 Å². The van der Waals surface area contributed by atoms with E-state index in [-0.39, 0.29) is 12.0 Å². The molecule has 0 saturated heterocycles. The number of rotatable bonds is 5. The molecule has 1 aliphatic rings. The molecule has 0 radical (unpaired) electrons. The largest absolute Gasteiger partial charge is 0.496 e. The normalized spacial score (nSPS) is 12.9. The van der Waals surface area contributed by atoms with Gasteiger partial charge in [-0.1, -0.05) is 18.2 Å². The van der Waals surface area contributed by atoms with Crippen LogP contribution >= 0.6 is 11.3 Å². The summed E-state index contributed by atoms with van der Waals surface area (Å²) in [5, 5.41) is 12.9. The molecule has 2 amide bonds. The van der Waals surface area contributed by atoms with Gasteiger partial charge in [0.15, 0.2) is 0 Å². The molecule has 2 heterocycles. The lowest BCUT2D eigenvalue weighted by molar-refractivity contribution is -0.111. The van der Waals surface area contributed by atoms with E-state index >= 15 is 0 Å². The molecule has 1 N–H and O–H groups in total. The fourth-order valence-corrected chi connectivity index (χ4v) is 4.32. The van der Waals surface area contributed by atoms with Crippen LogP contribution in [0.1, 0.15) is 28.5 Å². The van der Waals surface area contributed by atoms with E-state index < -0.39 is 0 Å². The van der Waals surface area contributed by atoms with Gasteiger partial charge < -0.3 is 19.7 Å². The van der Waals surface area contributed by atoms with Gasteiger partial charge in [-0.25, -0.2) is 4.79 Å². The molecule has 1 aromatic heterocycles. The van der Waals surface area contributed by atoms with Gasteiger partial charge in [0, 0.05) is 23.1 Å². The molecule has 0 fully saturated rings. The Morgan fingerprint density at radius 1 is 1.38 bits per heavy atom. The van der Waals surface area contributed by atoms with Crippen LogP contribution in [0.5, 0.6) is 5.75 Å². The quantitative estimate of drug-likeness (QED) is 0.756. The summed E-state index contributed by atoms with van der Waals surface area (Å²) in [6, 6.07) is 9.56.